The molecule has 0 aliphatic carbocycles. The number of methoxy groups -OCH3 is 1. The molecule has 0 aliphatic heterocycles. The highest BCUT2D eigenvalue weighted by molar-refractivity contribution is 8.00. The monoisotopic (exact) mass is 236 g/mol. The molecule has 0 saturated carbocycles. The lowest BCUT2D eigenvalue weighted by Crippen LogP contribution is -2.24. The third kappa shape index (κ3) is 3.48. The Morgan fingerprint density at radius 3 is 2.62 bits per heavy atom. The Balaban J connectivity index is 2.54. The Morgan fingerprint density at radius 1 is 1.56 bits per heavy atom. The summed E-state index contributed by atoms with van der Waals surface area (Å²) in [5, 5.41) is 7.88. The van der Waals surface area contributed by atoms with E-state index in [1.54, 1.807) is 7.11 Å². The molecule has 16 heavy (non-hydrogen) atoms. The van der Waals surface area contributed by atoms with Crippen LogP contribution < -0.4 is 10.5 Å². The van der Waals surface area contributed by atoms with Crippen molar-refractivity contribution in [2.75, 3.05) is 7.11 Å². The highest BCUT2D eigenvalue weighted by atomic mass is 32.2. The maximum atomic E-state index is 10.8. The molecule has 0 heterocycles. The first-order valence-electron chi connectivity index (χ1n) is 4.61. The molecule has 1 rings (SSSR count). The van der Waals surface area contributed by atoms with Crippen molar-refractivity contribution >= 4 is 17.7 Å². The Bertz CT molecular complexity index is 397. The second kappa shape index (κ2) is 6.03. The van der Waals surface area contributed by atoms with Gasteiger partial charge in [-0.15, -0.1) is 11.8 Å². The van der Waals surface area contributed by atoms with Gasteiger partial charge < -0.3 is 10.5 Å². The molecule has 2 N–H and O–H groups in total. The molecule has 0 aromatic heterocycles. The number of benzene rings is 1. The molecule has 1 amide bonds. The van der Waals surface area contributed by atoms with Crippen molar-refractivity contribution in [1.82, 2.24) is 0 Å². The van der Waals surface area contributed by atoms with Crippen LogP contribution in [0, 0.1) is 11.3 Å². The summed E-state index contributed by atoms with van der Waals surface area (Å²) in [5.41, 5.74) is 6.08. The third-order valence-corrected chi connectivity index (χ3v) is 3.12. The number of nitrogens with two attached hydrogens (primary N) is 1. The Kier molecular flexibility index (Phi) is 4.67. The molecule has 1 unspecified atom stereocenters. The zero-order valence-corrected chi connectivity index (χ0v) is 9.66. The van der Waals surface area contributed by atoms with Gasteiger partial charge in [-0.05, 0) is 17.7 Å². The summed E-state index contributed by atoms with van der Waals surface area (Å²) in [6.07, 6.45) is 0. The lowest BCUT2D eigenvalue weighted by atomic mass is 10.2. The van der Waals surface area contributed by atoms with Crippen LogP contribution in [0.1, 0.15) is 5.56 Å². The minimum Gasteiger partial charge on any atom is -0.497 e. The van der Waals surface area contributed by atoms with E-state index in [4.69, 9.17) is 15.7 Å². The summed E-state index contributed by atoms with van der Waals surface area (Å²) in [6, 6.07) is 9.31. The minimum absolute atomic E-state index is 0.575. The van der Waals surface area contributed by atoms with Crippen molar-refractivity contribution in [2.45, 2.75) is 11.0 Å². The summed E-state index contributed by atoms with van der Waals surface area (Å²) in [6.45, 7) is 0. The first-order chi connectivity index (χ1) is 7.67. The molecule has 0 aliphatic rings. The molecular weight excluding hydrogens is 224 g/mol. The third-order valence-electron chi connectivity index (χ3n) is 1.95. The lowest BCUT2D eigenvalue weighted by molar-refractivity contribution is -0.116. The van der Waals surface area contributed by atoms with Crippen molar-refractivity contribution in [2.24, 2.45) is 5.73 Å². The van der Waals surface area contributed by atoms with Crippen molar-refractivity contribution in [1.29, 1.82) is 5.26 Å². The fourth-order valence-electron chi connectivity index (χ4n) is 1.08. The van der Waals surface area contributed by atoms with Crippen LogP contribution in [0.15, 0.2) is 24.3 Å². The van der Waals surface area contributed by atoms with Gasteiger partial charge in [0.05, 0.1) is 13.2 Å². The fraction of sp³-hybridized carbons (Fsp3) is 0.273. The molecule has 0 fully saturated rings. The number of hydrogen-bond donors (Lipinski definition) is 1. The van der Waals surface area contributed by atoms with E-state index >= 15 is 0 Å². The number of ether oxygens (including phenoxy) is 1. The van der Waals surface area contributed by atoms with E-state index in [0.717, 1.165) is 11.3 Å². The highest BCUT2D eigenvalue weighted by Crippen LogP contribution is 2.19. The summed E-state index contributed by atoms with van der Waals surface area (Å²) in [4.78, 5) is 10.8. The van der Waals surface area contributed by atoms with Gasteiger partial charge in [0.1, 0.15) is 5.75 Å². The summed E-state index contributed by atoms with van der Waals surface area (Å²) < 4.78 is 5.02. The average molecular weight is 236 g/mol. The largest absolute Gasteiger partial charge is 0.497 e. The van der Waals surface area contributed by atoms with E-state index in [-0.39, 0.29) is 0 Å². The maximum absolute atomic E-state index is 10.8. The van der Waals surface area contributed by atoms with E-state index in [1.165, 1.54) is 11.8 Å². The van der Waals surface area contributed by atoms with Crippen LogP contribution in [0.4, 0.5) is 0 Å². The molecule has 1 aromatic rings. The van der Waals surface area contributed by atoms with Gasteiger partial charge in [-0.3, -0.25) is 4.79 Å². The fourth-order valence-corrected chi connectivity index (χ4v) is 1.87. The average Bonchev–Trinajstić information content (AvgIpc) is 2.30. The van der Waals surface area contributed by atoms with Crippen molar-refractivity contribution in [3.05, 3.63) is 29.8 Å². The Hall–Kier alpha value is -1.67. The molecule has 5 heteroatoms. The smallest absolute Gasteiger partial charge is 0.245 e. The van der Waals surface area contributed by atoms with Crippen molar-refractivity contribution in [3.63, 3.8) is 0 Å². The van der Waals surface area contributed by atoms with Gasteiger partial charge >= 0.3 is 0 Å². The van der Waals surface area contributed by atoms with Gasteiger partial charge in [0, 0.05) is 5.75 Å². The predicted molar refractivity (Wildman–Crippen MR) is 62.9 cm³/mol. The first kappa shape index (κ1) is 12.4. The second-order valence-corrected chi connectivity index (χ2v) is 4.16. The number of carbonyl (C=O) groups excluding carboxylic acids is 1. The number of thioether (sulfide) groups is 1. The van der Waals surface area contributed by atoms with Gasteiger partial charge in [0.2, 0.25) is 5.91 Å². The van der Waals surface area contributed by atoms with Crippen LogP contribution in [0.2, 0.25) is 0 Å². The summed E-state index contributed by atoms with van der Waals surface area (Å²) in [5.74, 6) is 0.757. The normalized spacial score (nSPS) is 11.5. The molecule has 1 atom stereocenters. The zero-order valence-electron chi connectivity index (χ0n) is 8.84. The topological polar surface area (TPSA) is 76.1 Å². The van der Waals surface area contributed by atoms with Gasteiger partial charge in [-0.25, -0.2) is 0 Å². The molecule has 84 valence electrons. The van der Waals surface area contributed by atoms with Gasteiger partial charge in [-0.1, -0.05) is 12.1 Å². The van der Waals surface area contributed by atoms with Crippen LogP contribution in [0.5, 0.6) is 5.75 Å². The van der Waals surface area contributed by atoms with Crippen LogP contribution in [0.3, 0.4) is 0 Å². The Labute approximate surface area is 98.4 Å². The standard InChI is InChI=1S/C11H12N2O2S/c1-15-9-4-2-8(3-5-9)7-16-10(6-12)11(13)14/h2-5,10H,7H2,1H3,(H2,13,14). The first-order valence-corrected chi connectivity index (χ1v) is 5.65. The Morgan fingerprint density at radius 2 is 2.19 bits per heavy atom. The SMILES string of the molecule is COc1ccc(CSC(C#N)C(N)=O)cc1. The number of amides is 1. The molecule has 1 aromatic carbocycles. The number of carbonyl (C=O) groups is 1. The van der Waals surface area contributed by atoms with Crippen LogP contribution in [-0.2, 0) is 10.5 Å². The quantitative estimate of drug-likeness (QED) is 0.836. The van der Waals surface area contributed by atoms with E-state index in [1.807, 2.05) is 30.3 Å². The van der Waals surface area contributed by atoms with Crippen LogP contribution in [0.25, 0.3) is 0 Å². The van der Waals surface area contributed by atoms with E-state index < -0.39 is 11.2 Å². The maximum Gasteiger partial charge on any atom is 0.245 e. The predicted octanol–water partition coefficient (Wildman–Crippen LogP) is 1.31. The van der Waals surface area contributed by atoms with E-state index in [2.05, 4.69) is 0 Å². The van der Waals surface area contributed by atoms with Crippen molar-refractivity contribution in [3.8, 4) is 11.8 Å². The van der Waals surface area contributed by atoms with E-state index in [0.29, 0.717) is 5.75 Å². The van der Waals surface area contributed by atoms with Gasteiger partial charge in [0.15, 0.2) is 5.25 Å². The molecule has 0 saturated heterocycles. The molecule has 4 nitrogen and oxygen atoms in total. The number of primary amides is 1. The number of nitriles is 1. The lowest BCUT2D eigenvalue weighted by Gasteiger charge is -2.05. The molecule has 0 spiro atoms. The number of hydrogen-bond acceptors (Lipinski definition) is 4. The zero-order chi connectivity index (χ0) is 12.0. The highest BCUT2D eigenvalue weighted by Gasteiger charge is 2.14. The molecule has 0 radical (unpaired) electrons. The number of nitrogens with zero attached hydrogens (tertiary/aromatic N) is 1. The molecule has 0 bridgehead atoms. The van der Waals surface area contributed by atoms with E-state index in [9.17, 15) is 4.79 Å². The summed E-state index contributed by atoms with van der Waals surface area (Å²) in [7, 11) is 1.60. The van der Waals surface area contributed by atoms with Gasteiger partial charge in [0.25, 0.3) is 0 Å². The van der Waals surface area contributed by atoms with Crippen LogP contribution in [-0.4, -0.2) is 18.3 Å². The van der Waals surface area contributed by atoms with Crippen LogP contribution >= 0.6 is 11.8 Å². The minimum atomic E-state index is -0.790. The second-order valence-electron chi connectivity index (χ2n) is 3.07. The van der Waals surface area contributed by atoms with Gasteiger partial charge in [-0.2, -0.15) is 5.26 Å². The molecular formula is C11H12N2O2S. The number of rotatable bonds is 5. The van der Waals surface area contributed by atoms with Crippen molar-refractivity contribution < 1.29 is 9.53 Å². The summed E-state index contributed by atoms with van der Waals surface area (Å²) >= 11 is 1.22.